The molecule has 4 aromatic rings. The molecule has 0 unspecified atom stereocenters. The summed E-state index contributed by atoms with van der Waals surface area (Å²) in [6.07, 6.45) is 8.66. The second-order valence-electron chi connectivity index (χ2n) is 8.29. The fraction of sp³-hybridized carbons (Fsp3) is 0.379. The van der Waals surface area contributed by atoms with Gasteiger partial charge in [0.15, 0.2) is 0 Å². The van der Waals surface area contributed by atoms with E-state index in [4.69, 9.17) is 0 Å². The van der Waals surface area contributed by atoms with E-state index < -0.39 is 0 Å². The van der Waals surface area contributed by atoms with E-state index in [0.717, 1.165) is 59.8 Å². The summed E-state index contributed by atoms with van der Waals surface area (Å²) in [7, 11) is 0. The smallest absolute Gasteiger partial charge is 0.385 e. The van der Waals surface area contributed by atoms with E-state index in [-0.39, 0.29) is 14.9 Å². The molecule has 202 valence electrons. The van der Waals surface area contributed by atoms with Gasteiger partial charge in [-0.05, 0) is 108 Å². The molecule has 0 radical (unpaired) electrons. The van der Waals surface area contributed by atoms with Gasteiger partial charge >= 0.3 is 10.3 Å². The van der Waals surface area contributed by atoms with Crippen LogP contribution in [0.2, 0.25) is 0 Å². The number of hydrogen-bond donors (Lipinski definition) is 1. The summed E-state index contributed by atoms with van der Waals surface area (Å²) in [5, 5.41) is 26.9. The number of aromatic nitrogens is 2. The monoisotopic (exact) mass is 551 g/mol. The molecular formula is C29H41N7S2+2. The van der Waals surface area contributed by atoms with Crippen molar-refractivity contribution in [3.63, 3.8) is 0 Å². The number of thiazole rings is 2. The predicted octanol–water partition coefficient (Wildman–Crippen LogP) is 9.35. The largest absolute Gasteiger partial charge is 0.408 e. The summed E-state index contributed by atoms with van der Waals surface area (Å²) in [6, 6.07) is 16.6. The van der Waals surface area contributed by atoms with Gasteiger partial charge in [0.2, 0.25) is 0 Å². The second-order valence-corrected chi connectivity index (χ2v) is 10.0. The minimum atomic E-state index is 0. The first-order valence-corrected chi connectivity index (χ1v) is 14.2. The summed E-state index contributed by atoms with van der Waals surface area (Å²) >= 11 is 3.20. The second kappa shape index (κ2) is 16.5. The first-order chi connectivity index (χ1) is 17.7. The molecule has 7 nitrogen and oxygen atoms in total. The van der Waals surface area contributed by atoms with Crippen molar-refractivity contribution >= 4 is 50.0 Å². The van der Waals surface area contributed by atoms with Crippen molar-refractivity contribution in [1.82, 2.24) is 0 Å². The molecule has 0 bridgehead atoms. The quantitative estimate of drug-likeness (QED) is 0.100. The highest BCUT2D eigenvalue weighted by molar-refractivity contribution is 7.13. The molecule has 2 aromatic carbocycles. The van der Waals surface area contributed by atoms with E-state index in [1.54, 1.807) is 22.7 Å². The topological polar surface area (TPSA) is 69.2 Å². The third-order valence-electron chi connectivity index (χ3n) is 5.78. The van der Waals surface area contributed by atoms with Crippen molar-refractivity contribution in [1.29, 1.82) is 0 Å². The number of azo groups is 2. The molecule has 0 aliphatic carbocycles. The molecule has 4 rings (SSSR count). The minimum absolute atomic E-state index is 0. The third-order valence-corrected chi connectivity index (χ3v) is 7.35. The van der Waals surface area contributed by atoms with Crippen LogP contribution in [-0.2, 0) is 19.5 Å². The minimum Gasteiger partial charge on any atom is -0.385 e. The Labute approximate surface area is 235 Å². The zero-order valence-corrected chi connectivity index (χ0v) is 22.5. The molecule has 2 heterocycles. The molecule has 0 spiro atoms. The SMILES string of the molecule is C.C.CC[n+]1ccsc1N=Nc1ccc(CCCCCNc2ccc(N=Nc3scc[n+]3CC)cc2)cc1. The molecule has 38 heavy (non-hydrogen) atoms. The lowest BCUT2D eigenvalue weighted by atomic mass is 10.1. The third kappa shape index (κ3) is 9.22. The Morgan fingerprint density at radius 1 is 0.658 bits per heavy atom. The van der Waals surface area contributed by atoms with E-state index in [9.17, 15) is 0 Å². The van der Waals surface area contributed by atoms with E-state index in [2.05, 4.69) is 85.2 Å². The lowest BCUT2D eigenvalue weighted by molar-refractivity contribution is -0.677. The van der Waals surface area contributed by atoms with Crippen LogP contribution in [0.4, 0.5) is 27.3 Å². The number of anilines is 1. The maximum absolute atomic E-state index is 4.38. The Morgan fingerprint density at radius 2 is 1.18 bits per heavy atom. The van der Waals surface area contributed by atoms with Gasteiger partial charge in [-0.15, -0.1) is 0 Å². The van der Waals surface area contributed by atoms with E-state index in [0.29, 0.717) is 0 Å². The van der Waals surface area contributed by atoms with Crippen LogP contribution in [-0.4, -0.2) is 6.54 Å². The molecule has 0 aliphatic rings. The Hall–Kier alpha value is -3.30. The van der Waals surface area contributed by atoms with Crippen LogP contribution in [0.3, 0.4) is 0 Å². The molecule has 0 amide bonds. The van der Waals surface area contributed by atoms with Gasteiger partial charge in [-0.2, -0.15) is 0 Å². The van der Waals surface area contributed by atoms with Gasteiger partial charge in [-0.3, -0.25) is 0 Å². The number of rotatable bonds is 13. The maximum atomic E-state index is 4.38. The number of hydrogen-bond acceptors (Lipinski definition) is 7. The van der Waals surface area contributed by atoms with Crippen LogP contribution < -0.4 is 14.5 Å². The lowest BCUT2D eigenvalue weighted by Gasteiger charge is -2.06. The summed E-state index contributed by atoms with van der Waals surface area (Å²) in [5.41, 5.74) is 4.21. The Balaban J connectivity index is 0.00000253. The van der Waals surface area contributed by atoms with Gasteiger partial charge in [0.1, 0.15) is 23.8 Å². The summed E-state index contributed by atoms with van der Waals surface area (Å²) in [4.78, 5) is 0. The Morgan fingerprint density at radius 3 is 1.71 bits per heavy atom. The van der Waals surface area contributed by atoms with Gasteiger partial charge < -0.3 is 5.32 Å². The van der Waals surface area contributed by atoms with Gasteiger partial charge in [0, 0.05) is 23.0 Å². The highest BCUT2D eigenvalue weighted by Crippen LogP contribution is 2.22. The molecule has 0 saturated carbocycles. The lowest BCUT2D eigenvalue weighted by Crippen LogP contribution is -2.28. The molecule has 0 saturated heterocycles. The van der Waals surface area contributed by atoms with Crippen molar-refractivity contribution in [2.24, 2.45) is 20.5 Å². The standard InChI is InChI=1S/C27H32N7S2.2CH4/c1-3-33-18-20-35-26(33)31-29-24-11-9-22(10-12-24)8-6-5-7-17-28-23-13-15-25(16-14-23)30-32-27-34(4-2)19-21-36-27;;/h9-16,18-21H,3-8,17H2,1-2H3;2*1H4/q+1;;/p+1. The van der Waals surface area contributed by atoms with Crippen LogP contribution in [0.5, 0.6) is 0 Å². The Bertz CT molecular complexity index is 1160. The molecule has 0 aliphatic heterocycles. The average molecular weight is 552 g/mol. The summed E-state index contributed by atoms with van der Waals surface area (Å²) in [6.45, 7) is 6.98. The maximum Gasteiger partial charge on any atom is 0.408 e. The molecular weight excluding hydrogens is 511 g/mol. The molecule has 0 fully saturated rings. The van der Waals surface area contributed by atoms with Gasteiger partial charge in [-0.25, -0.2) is 9.13 Å². The zero-order valence-electron chi connectivity index (χ0n) is 20.9. The number of unbranched alkanes of at least 4 members (excludes halogenated alkanes) is 2. The first kappa shape index (κ1) is 30.9. The summed E-state index contributed by atoms with van der Waals surface area (Å²) in [5.74, 6) is 0. The number of nitrogens with one attached hydrogen (secondary N) is 1. The number of benzene rings is 2. The van der Waals surface area contributed by atoms with Crippen LogP contribution >= 0.6 is 22.7 Å². The molecule has 2 aromatic heterocycles. The van der Waals surface area contributed by atoms with Crippen LogP contribution in [0.15, 0.2) is 92.1 Å². The molecule has 1 N–H and O–H groups in total. The molecule has 0 atom stereocenters. The molecule has 9 heteroatoms. The van der Waals surface area contributed by atoms with Crippen molar-refractivity contribution in [2.75, 3.05) is 11.9 Å². The van der Waals surface area contributed by atoms with Crippen molar-refractivity contribution in [3.05, 3.63) is 77.2 Å². The zero-order chi connectivity index (χ0) is 25.0. The van der Waals surface area contributed by atoms with Crippen molar-refractivity contribution in [2.45, 2.75) is 67.5 Å². The normalized spacial score (nSPS) is 11.0. The first-order valence-electron chi connectivity index (χ1n) is 12.5. The number of nitrogens with zero attached hydrogens (tertiary/aromatic N) is 6. The highest BCUT2D eigenvalue weighted by atomic mass is 32.1. The van der Waals surface area contributed by atoms with Gasteiger partial charge in [-0.1, -0.05) is 33.4 Å². The number of aryl methyl sites for hydroxylation is 3. The van der Waals surface area contributed by atoms with Crippen LogP contribution in [0.1, 0.15) is 53.5 Å². The summed E-state index contributed by atoms with van der Waals surface area (Å²) < 4.78 is 4.17. The van der Waals surface area contributed by atoms with Crippen LogP contribution in [0, 0.1) is 0 Å². The van der Waals surface area contributed by atoms with Gasteiger partial charge in [0.25, 0.3) is 0 Å². The highest BCUT2D eigenvalue weighted by Gasteiger charge is 2.10. The van der Waals surface area contributed by atoms with E-state index >= 15 is 0 Å². The van der Waals surface area contributed by atoms with E-state index in [1.165, 1.54) is 18.4 Å². The van der Waals surface area contributed by atoms with Gasteiger partial charge in [0.05, 0.1) is 23.3 Å². The fourth-order valence-corrected chi connectivity index (χ4v) is 5.16. The predicted molar refractivity (Wildman–Crippen MR) is 161 cm³/mol. The van der Waals surface area contributed by atoms with Crippen molar-refractivity contribution < 1.29 is 9.13 Å². The average Bonchev–Trinajstić information content (AvgIpc) is 3.58. The van der Waals surface area contributed by atoms with E-state index in [1.807, 2.05) is 35.3 Å². The Kier molecular flexibility index (Phi) is 13.4. The fourth-order valence-electron chi connectivity index (χ4n) is 3.68. The van der Waals surface area contributed by atoms with Crippen molar-refractivity contribution in [3.8, 4) is 0 Å². The van der Waals surface area contributed by atoms with Crippen LogP contribution in [0.25, 0.3) is 0 Å².